The van der Waals surface area contributed by atoms with Gasteiger partial charge in [-0.15, -0.1) is 0 Å². The highest BCUT2D eigenvalue weighted by atomic mass is 79.9. The Morgan fingerprint density at radius 2 is 2.21 bits per heavy atom. The highest BCUT2D eigenvalue weighted by Crippen LogP contribution is 2.26. The van der Waals surface area contributed by atoms with Gasteiger partial charge in [0.15, 0.2) is 0 Å². The minimum Gasteiger partial charge on any atom is -0.496 e. The van der Waals surface area contributed by atoms with Gasteiger partial charge in [0.1, 0.15) is 17.3 Å². The molecule has 0 aliphatic carbocycles. The van der Waals surface area contributed by atoms with Crippen LogP contribution in [0.1, 0.15) is 17.2 Å². The van der Waals surface area contributed by atoms with Crippen LogP contribution in [0.3, 0.4) is 0 Å². The number of rotatable bonds is 5. The minimum absolute atomic E-state index is 0.331. The van der Waals surface area contributed by atoms with Crippen molar-refractivity contribution in [3.63, 3.8) is 0 Å². The van der Waals surface area contributed by atoms with E-state index in [9.17, 15) is 4.21 Å². The summed E-state index contributed by atoms with van der Waals surface area (Å²) in [6.45, 7) is 1.82. The summed E-state index contributed by atoms with van der Waals surface area (Å²) in [5.74, 6) is 2.81. The summed E-state index contributed by atoms with van der Waals surface area (Å²) in [7, 11) is 0.571. The zero-order valence-corrected chi connectivity index (χ0v) is 13.1. The molecule has 0 radical (unpaired) electrons. The maximum Gasteiger partial charge on any atom is 0.206 e. The molecule has 0 amide bonds. The van der Waals surface area contributed by atoms with Gasteiger partial charge in [0.25, 0.3) is 0 Å². The fraction of sp³-hybridized carbons (Fsp3) is 0.308. The van der Waals surface area contributed by atoms with Crippen molar-refractivity contribution in [1.29, 1.82) is 0 Å². The first-order valence-electron chi connectivity index (χ1n) is 5.67. The average molecular weight is 344 g/mol. The molecule has 2 aromatic rings. The third-order valence-corrected chi connectivity index (χ3v) is 4.34. The van der Waals surface area contributed by atoms with Crippen LogP contribution >= 0.6 is 15.9 Å². The van der Waals surface area contributed by atoms with Gasteiger partial charge in [-0.05, 0) is 40.5 Å². The van der Waals surface area contributed by atoms with Crippen LogP contribution in [-0.4, -0.2) is 16.3 Å². The van der Waals surface area contributed by atoms with E-state index in [2.05, 4.69) is 20.9 Å². The predicted octanol–water partition coefficient (Wildman–Crippen LogP) is 3.20. The molecule has 0 aliphatic rings. The zero-order valence-electron chi connectivity index (χ0n) is 10.7. The summed E-state index contributed by atoms with van der Waals surface area (Å²) in [5, 5.41) is 0. The third-order valence-electron chi connectivity index (χ3n) is 2.50. The number of hydrogen-bond donors (Lipinski definition) is 0. The Morgan fingerprint density at radius 1 is 1.42 bits per heavy atom. The van der Waals surface area contributed by atoms with E-state index in [0.29, 0.717) is 17.4 Å². The van der Waals surface area contributed by atoms with E-state index in [0.717, 1.165) is 21.5 Å². The maximum atomic E-state index is 12.0. The Hall–Kier alpha value is -1.14. The van der Waals surface area contributed by atoms with Gasteiger partial charge in [-0.1, -0.05) is 6.07 Å². The minimum atomic E-state index is -1.04. The molecular formula is C13H14BrNO3S. The van der Waals surface area contributed by atoms with E-state index in [1.165, 1.54) is 0 Å². The van der Waals surface area contributed by atoms with Gasteiger partial charge < -0.3 is 9.15 Å². The van der Waals surface area contributed by atoms with Gasteiger partial charge >= 0.3 is 0 Å². The van der Waals surface area contributed by atoms with E-state index in [4.69, 9.17) is 9.15 Å². The van der Waals surface area contributed by atoms with Crippen LogP contribution in [0.2, 0.25) is 0 Å². The molecule has 1 aromatic heterocycles. The number of hydrogen-bond acceptors (Lipinski definition) is 4. The zero-order chi connectivity index (χ0) is 13.8. The summed E-state index contributed by atoms with van der Waals surface area (Å²) in [5.41, 5.74) is 0.981. The molecule has 1 atom stereocenters. The molecule has 0 aliphatic heterocycles. The van der Waals surface area contributed by atoms with Crippen molar-refractivity contribution in [3.8, 4) is 5.75 Å². The lowest BCUT2D eigenvalue weighted by Gasteiger charge is -2.05. The van der Waals surface area contributed by atoms with Crippen LogP contribution < -0.4 is 4.74 Å². The number of aromatic nitrogens is 1. The first kappa shape index (κ1) is 14.3. The number of oxazole rings is 1. The Balaban J connectivity index is 2.00. The van der Waals surface area contributed by atoms with Crippen molar-refractivity contribution < 1.29 is 13.4 Å². The molecule has 0 saturated carbocycles. The van der Waals surface area contributed by atoms with Crippen LogP contribution in [-0.2, 0) is 22.3 Å². The van der Waals surface area contributed by atoms with Crippen molar-refractivity contribution in [2.45, 2.75) is 18.4 Å². The summed E-state index contributed by atoms with van der Waals surface area (Å²) in [6, 6.07) is 5.67. The Morgan fingerprint density at radius 3 is 2.79 bits per heavy atom. The number of methoxy groups -OCH3 is 1. The van der Waals surface area contributed by atoms with Gasteiger partial charge in [-0.25, -0.2) is 4.98 Å². The van der Waals surface area contributed by atoms with E-state index in [1.54, 1.807) is 13.3 Å². The van der Waals surface area contributed by atoms with Crippen LogP contribution in [0.15, 0.2) is 33.3 Å². The molecule has 19 heavy (non-hydrogen) atoms. The van der Waals surface area contributed by atoms with E-state index >= 15 is 0 Å². The Labute approximate surface area is 122 Å². The van der Waals surface area contributed by atoms with Crippen LogP contribution in [0.5, 0.6) is 5.75 Å². The van der Waals surface area contributed by atoms with E-state index in [1.807, 2.05) is 25.1 Å². The molecule has 102 valence electrons. The van der Waals surface area contributed by atoms with Gasteiger partial charge in [0, 0.05) is 16.6 Å². The Bertz CT molecular complexity index is 597. The smallest absolute Gasteiger partial charge is 0.206 e. The second kappa shape index (κ2) is 6.34. The van der Waals surface area contributed by atoms with Crippen molar-refractivity contribution in [3.05, 3.63) is 46.1 Å². The van der Waals surface area contributed by atoms with Crippen LogP contribution in [0, 0.1) is 6.92 Å². The molecule has 2 rings (SSSR count). The summed E-state index contributed by atoms with van der Waals surface area (Å²) < 4.78 is 23.4. The first-order chi connectivity index (χ1) is 9.08. The number of halogens is 1. The second-order valence-electron chi connectivity index (χ2n) is 4.06. The number of ether oxygens (including phenoxy) is 1. The fourth-order valence-electron chi connectivity index (χ4n) is 1.64. The number of nitrogens with zero attached hydrogens (tertiary/aromatic N) is 1. The molecule has 0 spiro atoms. The Kier molecular flexibility index (Phi) is 4.76. The fourth-order valence-corrected chi connectivity index (χ4v) is 3.29. The maximum absolute atomic E-state index is 12.0. The molecular weight excluding hydrogens is 330 g/mol. The second-order valence-corrected chi connectivity index (χ2v) is 6.37. The van der Waals surface area contributed by atoms with Crippen molar-refractivity contribution >= 4 is 26.7 Å². The van der Waals surface area contributed by atoms with Crippen LogP contribution in [0.25, 0.3) is 0 Å². The molecule has 0 fully saturated rings. The molecule has 0 bridgehead atoms. The molecule has 1 unspecified atom stereocenters. The number of aryl methyl sites for hydroxylation is 1. The molecule has 1 aromatic carbocycles. The van der Waals surface area contributed by atoms with Crippen LogP contribution in [0.4, 0.5) is 0 Å². The summed E-state index contributed by atoms with van der Waals surface area (Å²) >= 11 is 3.41. The molecule has 0 saturated heterocycles. The van der Waals surface area contributed by atoms with Crippen molar-refractivity contribution in [2.75, 3.05) is 7.11 Å². The van der Waals surface area contributed by atoms with Gasteiger partial charge in [0.05, 0.1) is 17.8 Å². The number of benzene rings is 1. The lowest BCUT2D eigenvalue weighted by molar-refractivity contribution is 0.412. The quantitative estimate of drug-likeness (QED) is 0.836. The highest BCUT2D eigenvalue weighted by Gasteiger charge is 2.09. The van der Waals surface area contributed by atoms with E-state index in [-0.39, 0.29) is 0 Å². The van der Waals surface area contributed by atoms with Crippen molar-refractivity contribution in [1.82, 2.24) is 4.98 Å². The molecule has 1 heterocycles. The SMILES string of the molecule is COc1ccc(CS(=O)Cc2ncc(C)o2)cc1Br. The highest BCUT2D eigenvalue weighted by molar-refractivity contribution is 9.10. The predicted molar refractivity (Wildman–Crippen MR) is 77.5 cm³/mol. The molecule has 4 nitrogen and oxygen atoms in total. The monoisotopic (exact) mass is 343 g/mol. The summed E-state index contributed by atoms with van der Waals surface area (Å²) in [4.78, 5) is 4.05. The van der Waals surface area contributed by atoms with Gasteiger partial charge in [0.2, 0.25) is 5.89 Å². The molecule has 6 heteroatoms. The standard InChI is InChI=1S/C13H14BrNO3S/c1-9-6-15-13(18-9)8-19(16)7-10-3-4-12(17-2)11(14)5-10/h3-6H,7-8H2,1-2H3. The lowest BCUT2D eigenvalue weighted by atomic mass is 10.2. The summed E-state index contributed by atoms with van der Waals surface area (Å²) in [6.07, 6.45) is 1.64. The third kappa shape index (κ3) is 3.91. The lowest BCUT2D eigenvalue weighted by Crippen LogP contribution is -2.00. The van der Waals surface area contributed by atoms with Gasteiger partial charge in [-0.3, -0.25) is 4.21 Å². The normalized spacial score (nSPS) is 12.4. The van der Waals surface area contributed by atoms with E-state index < -0.39 is 10.8 Å². The molecule has 0 N–H and O–H groups in total. The first-order valence-corrected chi connectivity index (χ1v) is 7.95. The largest absolute Gasteiger partial charge is 0.496 e. The topological polar surface area (TPSA) is 52.3 Å². The van der Waals surface area contributed by atoms with Gasteiger partial charge in [-0.2, -0.15) is 0 Å². The average Bonchev–Trinajstić information content (AvgIpc) is 2.74. The van der Waals surface area contributed by atoms with Crippen molar-refractivity contribution in [2.24, 2.45) is 0 Å².